The second kappa shape index (κ2) is 5.78. The highest BCUT2D eigenvalue weighted by molar-refractivity contribution is 5.92. The number of rotatable bonds is 2. The number of ether oxygens (including phenoxy) is 1. The third-order valence-electron chi connectivity index (χ3n) is 4.51. The molecule has 2 aromatic heterocycles. The summed E-state index contributed by atoms with van der Waals surface area (Å²) in [6.45, 7) is 2.01. The number of carbonyl (C=O) groups excluding carboxylic acids is 1. The van der Waals surface area contributed by atoms with Crippen LogP contribution in [0.25, 0.3) is 0 Å². The number of hydrogen-bond acceptors (Lipinski definition) is 4. The maximum Gasteiger partial charge on any atom is 0.432 e. The van der Waals surface area contributed by atoms with Gasteiger partial charge in [-0.3, -0.25) is 4.79 Å². The Kier molecular flexibility index (Phi) is 3.69. The molecule has 1 fully saturated rings. The summed E-state index contributed by atoms with van der Waals surface area (Å²) in [5, 5.41) is 4.23. The fraction of sp³-hybridized carbons (Fsp3) is 0.533. The predicted molar refractivity (Wildman–Crippen MR) is 79.2 cm³/mol. The quantitative estimate of drug-likeness (QED) is 0.894. The van der Waals surface area contributed by atoms with Gasteiger partial charge in [0.05, 0.1) is 12.7 Å². The van der Waals surface area contributed by atoms with E-state index in [1.165, 1.54) is 0 Å². The lowest BCUT2D eigenvalue weighted by Gasteiger charge is -2.31. The predicted octanol–water partition coefficient (Wildman–Crippen LogP) is 2.04. The lowest BCUT2D eigenvalue weighted by Crippen LogP contribution is -2.39. The molecule has 2 aromatic rings. The molecule has 10 heteroatoms. The number of H-pyrrole nitrogens is 1. The van der Waals surface area contributed by atoms with Crippen molar-refractivity contribution < 1.29 is 22.7 Å². The van der Waals surface area contributed by atoms with Crippen molar-refractivity contribution in [1.29, 1.82) is 0 Å². The number of alkyl halides is 3. The summed E-state index contributed by atoms with van der Waals surface area (Å²) in [4.78, 5) is 20.4. The van der Waals surface area contributed by atoms with Crippen LogP contribution in [-0.2, 0) is 12.7 Å². The Morgan fingerprint density at radius 2 is 2.20 bits per heavy atom. The summed E-state index contributed by atoms with van der Waals surface area (Å²) in [5.41, 5.74) is -0.570. The molecular formula is C15H16F3N5O2. The standard InChI is InChI=1S/C15H16F3N5O2/c16-15(17,18)11-7-19-13(20-11)9-2-1-3-22(8-9)14(24)10-6-12-23(21-10)4-5-25-12/h6-7,9H,1-5,8H2,(H,19,20). The molecule has 4 rings (SSSR count). The number of fused-ring (bicyclic) bond motifs is 1. The Morgan fingerprint density at radius 3 is 2.92 bits per heavy atom. The summed E-state index contributed by atoms with van der Waals surface area (Å²) >= 11 is 0. The van der Waals surface area contributed by atoms with E-state index in [1.54, 1.807) is 15.6 Å². The average Bonchev–Trinajstić information content (AvgIpc) is 3.28. The van der Waals surface area contributed by atoms with E-state index in [1.807, 2.05) is 0 Å². The number of amides is 1. The lowest BCUT2D eigenvalue weighted by atomic mass is 9.97. The van der Waals surface area contributed by atoms with Gasteiger partial charge in [-0.05, 0) is 12.8 Å². The average molecular weight is 355 g/mol. The van der Waals surface area contributed by atoms with E-state index in [2.05, 4.69) is 15.1 Å². The summed E-state index contributed by atoms with van der Waals surface area (Å²) < 4.78 is 45.1. The maximum absolute atomic E-state index is 12.7. The Labute approximate surface area is 140 Å². The molecular weight excluding hydrogens is 339 g/mol. The van der Waals surface area contributed by atoms with Gasteiger partial charge in [-0.25, -0.2) is 9.67 Å². The highest BCUT2D eigenvalue weighted by Gasteiger charge is 2.35. The van der Waals surface area contributed by atoms with Crippen LogP contribution < -0.4 is 4.74 Å². The van der Waals surface area contributed by atoms with Gasteiger partial charge in [-0.1, -0.05) is 0 Å². The molecule has 134 valence electrons. The number of hydrogen-bond donors (Lipinski definition) is 1. The number of likely N-dealkylation sites (tertiary alicyclic amines) is 1. The van der Waals surface area contributed by atoms with Crippen molar-refractivity contribution in [2.45, 2.75) is 31.5 Å². The van der Waals surface area contributed by atoms with E-state index >= 15 is 0 Å². The van der Waals surface area contributed by atoms with Crippen LogP contribution in [0.3, 0.4) is 0 Å². The van der Waals surface area contributed by atoms with Crippen molar-refractivity contribution in [1.82, 2.24) is 24.6 Å². The molecule has 1 saturated heterocycles. The van der Waals surface area contributed by atoms with Gasteiger partial charge in [0, 0.05) is 25.1 Å². The van der Waals surface area contributed by atoms with Gasteiger partial charge >= 0.3 is 6.18 Å². The van der Waals surface area contributed by atoms with E-state index in [0.717, 1.165) is 6.20 Å². The number of aromatic nitrogens is 4. The van der Waals surface area contributed by atoms with Crippen LogP contribution in [-0.4, -0.2) is 50.3 Å². The van der Waals surface area contributed by atoms with E-state index in [4.69, 9.17) is 4.74 Å². The molecule has 0 radical (unpaired) electrons. The number of nitrogens with one attached hydrogen (secondary N) is 1. The van der Waals surface area contributed by atoms with Crippen molar-refractivity contribution in [2.24, 2.45) is 0 Å². The topological polar surface area (TPSA) is 76.0 Å². The van der Waals surface area contributed by atoms with Gasteiger partial charge in [0.15, 0.2) is 5.69 Å². The molecule has 1 N–H and O–H groups in total. The van der Waals surface area contributed by atoms with Gasteiger partial charge in [-0.2, -0.15) is 18.3 Å². The molecule has 0 bridgehead atoms. The first-order valence-electron chi connectivity index (χ1n) is 8.04. The van der Waals surface area contributed by atoms with Crippen LogP contribution >= 0.6 is 0 Å². The largest absolute Gasteiger partial charge is 0.476 e. The molecule has 7 nitrogen and oxygen atoms in total. The normalized spacial score (nSPS) is 20.4. The highest BCUT2D eigenvalue weighted by atomic mass is 19.4. The minimum atomic E-state index is -4.45. The Hall–Kier alpha value is -2.52. The van der Waals surface area contributed by atoms with Crippen LogP contribution in [0.1, 0.15) is 40.8 Å². The van der Waals surface area contributed by atoms with Crippen LogP contribution in [0.2, 0.25) is 0 Å². The second-order valence-corrected chi connectivity index (χ2v) is 6.21. The zero-order valence-electron chi connectivity index (χ0n) is 13.2. The lowest BCUT2D eigenvalue weighted by molar-refractivity contribution is -0.141. The van der Waals surface area contributed by atoms with Crippen molar-refractivity contribution >= 4 is 5.91 Å². The summed E-state index contributed by atoms with van der Waals surface area (Å²) in [5.74, 6) is 0.343. The monoisotopic (exact) mass is 355 g/mol. The zero-order chi connectivity index (χ0) is 17.6. The van der Waals surface area contributed by atoms with Crippen LogP contribution in [0.4, 0.5) is 13.2 Å². The van der Waals surface area contributed by atoms with Crippen molar-refractivity contribution in [3.63, 3.8) is 0 Å². The van der Waals surface area contributed by atoms with Crippen LogP contribution in [0, 0.1) is 0 Å². The van der Waals surface area contributed by atoms with Gasteiger partial charge < -0.3 is 14.6 Å². The smallest absolute Gasteiger partial charge is 0.432 e. The first-order valence-corrected chi connectivity index (χ1v) is 8.04. The molecule has 0 aliphatic carbocycles. The molecule has 0 aromatic carbocycles. The first kappa shape index (κ1) is 16.0. The third kappa shape index (κ3) is 2.96. The van der Waals surface area contributed by atoms with Gasteiger partial charge in [-0.15, -0.1) is 0 Å². The van der Waals surface area contributed by atoms with Crippen LogP contribution in [0.15, 0.2) is 12.3 Å². The number of aromatic amines is 1. The van der Waals surface area contributed by atoms with Gasteiger partial charge in [0.1, 0.15) is 18.1 Å². The molecule has 1 unspecified atom stereocenters. The molecule has 2 aliphatic rings. The Morgan fingerprint density at radius 1 is 1.36 bits per heavy atom. The second-order valence-electron chi connectivity index (χ2n) is 6.21. The molecule has 0 saturated carbocycles. The third-order valence-corrected chi connectivity index (χ3v) is 4.51. The zero-order valence-corrected chi connectivity index (χ0v) is 13.2. The van der Waals surface area contributed by atoms with Crippen molar-refractivity contribution in [3.05, 3.63) is 29.5 Å². The minimum Gasteiger partial charge on any atom is -0.476 e. The molecule has 4 heterocycles. The van der Waals surface area contributed by atoms with E-state index in [9.17, 15) is 18.0 Å². The molecule has 2 aliphatic heterocycles. The van der Waals surface area contributed by atoms with Crippen molar-refractivity contribution in [3.8, 4) is 5.88 Å². The Balaban J connectivity index is 1.48. The fourth-order valence-electron chi connectivity index (χ4n) is 3.25. The van der Waals surface area contributed by atoms with E-state index in [0.29, 0.717) is 50.7 Å². The molecule has 0 spiro atoms. The summed E-state index contributed by atoms with van der Waals surface area (Å²) in [6, 6.07) is 1.60. The minimum absolute atomic E-state index is 0.238. The van der Waals surface area contributed by atoms with Gasteiger partial charge in [0.2, 0.25) is 5.88 Å². The number of piperidine rings is 1. The SMILES string of the molecule is O=C(c1cc2n(n1)CCO2)N1CCCC(c2ncc(C(F)(F)F)[nH]2)C1. The number of carbonyl (C=O) groups is 1. The summed E-state index contributed by atoms with van der Waals surface area (Å²) in [6.07, 6.45) is -2.28. The van der Waals surface area contributed by atoms with Gasteiger partial charge in [0.25, 0.3) is 5.91 Å². The van der Waals surface area contributed by atoms with E-state index in [-0.39, 0.29) is 17.6 Å². The number of halogens is 3. The highest BCUT2D eigenvalue weighted by Crippen LogP contribution is 2.31. The number of imidazole rings is 1. The van der Waals surface area contributed by atoms with E-state index < -0.39 is 11.9 Å². The summed E-state index contributed by atoms with van der Waals surface area (Å²) in [7, 11) is 0. The fourth-order valence-corrected chi connectivity index (χ4v) is 3.25. The molecule has 1 amide bonds. The number of nitrogens with zero attached hydrogens (tertiary/aromatic N) is 4. The molecule has 1 atom stereocenters. The molecule has 25 heavy (non-hydrogen) atoms. The van der Waals surface area contributed by atoms with Crippen molar-refractivity contribution in [2.75, 3.05) is 19.7 Å². The first-order chi connectivity index (χ1) is 11.9. The Bertz CT molecular complexity index is 776. The van der Waals surface area contributed by atoms with Crippen LogP contribution in [0.5, 0.6) is 5.88 Å². The maximum atomic E-state index is 12.7.